The lowest BCUT2D eigenvalue weighted by Gasteiger charge is -2.10. The molecule has 0 fully saturated rings. The van der Waals surface area contributed by atoms with Gasteiger partial charge in [-0.25, -0.2) is 14.2 Å². The molecule has 1 aromatic carbocycles. The molecule has 0 unspecified atom stereocenters. The van der Waals surface area contributed by atoms with E-state index in [1.165, 1.54) is 18.4 Å². The van der Waals surface area contributed by atoms with Gasteiger partial charge in [0.05, 0.1) is 17.8 Å². The van der Waals surface area contributed by atoms with Crippen molar-refractivity contribution in [3.63, 3.8) is 0 Å². The van der Waals surface area contributed by atoms with Gasteiger partial charge in [-0.2, -0.15) is 0 Å². The Bertz CT molecular complexity index is 895. The predicted molar refractivity (Wildman–Crippen MR) is 85.8 cm³/mol. The number of pyridine rings is 1. The number of fused-ring (bicyclic) bond motifs is 1. The van der Waals surface area contributed by atoms with Crippen LogP contribution < -0.4 is 5.73 Å². The largest absolute Gasteiger partial charge is 0.464 e. The number of carbonyl (C=O) groups is 1. The molecule has 0 aliphatic heterocycles. The van der Waals surface area contributed by atoms with E-state index < -0.39 is 11.8 Å². The molecule has 3 aromatic rings. The van der Waals surface area contributed by atoms with Crippen LogP contribution in [-0.2, 0) is 4.74 Å². The van der Waals surface area contributed by atoms with Crippen molar-refractivity contribution in [3.05, 3.63) is 46.2 Å². The summed E-state index contributed by atoms with van der Waals surface area (Å²) in [4.78, 5) is 15.7. The van der Waals surface area contributed by atoms with E-state index in [2.05, 4.69) is 9.72 Å². The Hall–Kier alpha value is -2.18. The molecule has 0 saturated carbocycles. The van der Waals surface area contributed by atoms with Gasteiger partial charge < -0.3 is 10.5 Å². The molecular weight excluding hydrogens is 327 g/mol. The summed E-state index contributed by atoms with van der Waals surface area (Å²) in [5, 5.41) is 2.74. The van der Waals surface area contributed by atoms with E-state index in [9.17, 15) is 9.18 Å². The fraction of sp³-hybridized carbons (Fsp3) is 0.0667. The van der Waals surface area contributed by atoms with Crippen molar-refractivity contribution in [2.24, 2.45) is 0 Å². The summed E-state index contributed by atoms with van der Waals surface area (Å²) in [5.74, 6) is -1.52. The maximum Gasteiger partial charge on any atom is 0.358 e. The van der Waals surface area contributed by atoms with Crippen molar-refractivity contribution in [2.75, 3.05) is 12.8 Å². The van der Waals surface area contributed by atoms with Gasteiger partial charge in [-0.1, -0.05) is 23.7 Å². The number of nitrogens with zero attached hydrogens (tertiary/aromatic N) is 1. The molecule has 2 N–H and O–H groups in total. The number of aromatic nitrogens is 1. The fourth-order valence-corrected chi connectivity index (χ4v) is 3.12. The van der Waals surface area contributed by atoms with Gasteiger partial charge in [-0.15, -0.1) is 11.3 Å². The highest BCUT2D eigenvalue weighted by molar-refractivity contribution is 7.17. The molecule has 112 valence electrons. The lowest BCUT2D eigenvalue weighted by atomic mass is 10.1. The first-order valence-corrected chi connectivity index (χ1v) is 7.49. The standard InChI is InChI=1S/C15H10ClFN2O2S/c1-21-15(20)14-10(16)12(18)11(17)13(19-14)8-3-2-7-4-5-22-9(7)6-8/h2-6H,1H3,(H2,18,19). The number of methoxy groups -OCH3 is 1. The molecule has 22 heavy (non-hydrogen) atoms. The van der Waals surface area contributed by atoms with Crippen molar-refractivity contribution in [3.8, 4) is 11.3 Å². The van der Waals surface area contributed by atoms with Gasteiger partial charge in [0.1, 0.15) is 5.69 Å². The minimum Gasteiger partial charge on any atom is -0.464 e. The van der Waals surface area contributed by atoms with Gasteiger partial charge in [0, 0.05) is 10.3 Å². The number of hydrogen-bond acceptors (Lipinski definition) is 5. The number of benzene rings is 1. The third-order valence-corrected chi connectivity index (χ3v) is 4.48. The number of hydrogen-bond donors (Lipinski definition) is 1. The first kappa shape index (κ1) is 14.7. The summed E-state index contributed by atoms with van der Waals surface area (Å²) < 4.78 is 20.0. The van der Waals surface area contributed by atoms with E-state index in [-0.39, 0.29) is 22.1 Å². The molecule has 2 heterocycles. The van der Waals surface area contributed by atoms with Gasteiger partial charge in [-0.3, -0.25) is 0 Å². The first-order chi connectivity index (χ1) is 10.5. The second-order valence-corrected chi connectivity index (χ2v) is 5.84. The topological polar surface area (TPSA) is 65.2 Å². The van der Waals surface area contributed by atoms with E-state index in [0.717, 1.165) is 10.1 Å². The van der Waals surface area contributed by atoms with Crippen LogP contribution >= 0.6 is 22.9 Å². The molecule has 7 heteroatoms. The third kappa shape index (κ3) is 2.30. The molecule has 0 bridgehead atoms. The lowest BCUT2D eigenvalue weighted by Crippen LogP contribution is -2.10. The highest BCUT2D eigenvalue weighted by Crippen LogP contribution is 2.34. The highest BCUT2D eigenvalue weighted by atomic mass is 35.5. The van der Waals surface area contributed by atoms with Crippen LogP contribution in [0.2, 0.25) is 5.02 Å². The molecular formula is C15H10ClFN2O2S. The maximum absolute atomic E-state index is 14.4. The van der Waals surface area contributed by atoms with Gasteiger partial charge >= 0.3 is 5.97 Å². The van der Waals surface area contributed by atoms with E-state index in [1.54, 1.807) is 12.1 Å². The number of nitrogen functional groups attached to an aromatic ring is 1. The van der Waals surface area contributed by atoms with Crippen LogP contribution in [0.25, 0.3) is 21.3 Å². The van der Waals surface area contributed by atoms with Gasteiger partial charge in [-0.05, 0) is 22.9 Å². The van der Waals surface area contributed by atoms with E-state index in [0.29, 0.717) is 5.56 Å². The Morgan fingerprint density at radius 3 is 2.91 bits per heavy atom. The molecule has 0 atom stereocenters. The van der Waals surface area contributed by atoms with Crippen LogP contribution in [0.1, 0.15) is 10.5 Å². The zero-order valence-electron chi connectivity index (χ0n) is 11.4. The Balaban J connectivity index is 2.25. The minimum absolute atomic E-state index is 0.0300. The summed E-state index contributed by atoms with van der Waals surface area (Å²) >= 11 is 7.41. The summed E-state index contributed by atoms with van der Waals surface area (Å²) in [6.45, 7) is 0. The van der Waals surface area contributed by atoms with Crippen LogP contribution in [-0.4, -0.2) is 18.1 Å². The zero-order chi connectivity index (χ0) is 15.9. The van der Waals surface area contributed by atoms with Crippen LogP contribution in [0.4, 0.5) is 10.1 Å². The molecule has 2 aromatic heterocycles. The number of carbonyl (C=O) groups excluding carboxylic acids is 1. The minimum atomic E-state index is -0.768. The lowest BCUT2D eigenvalue weighted by molar-refractivity contribution is 0.0594. The summed E-state index contributed by atoms with van der Waals surface area (Å²) in [7, 11) is 1.19. The number of thiophene rings is 1. The van der Waals surface area contributed by atoms with Gasteiger partial charge in [0.2, 0.25) is 0 Å². The maximum atomic E-state index is 14.4. The monoisotopic (exact) mass is 336 g/mol. The molecule has 3 rings (SSSR count). The summed E-state index contributed by atoms with van der Waals surface area (Å²) in [6, 6.07) is 7.32. The number of anilines is 1. The molecule has 4 nitrogen and oxygen atoms in total. The summed E-state index contributed by atoms with van der Waals surface area (Å²) in [6.07, 6.45) is 0. The Morgan fingerprint density at radius 2 is 2.18 bits per heavy atom. The van der Waals surface area contributed by atoms with Crippen molar-refractivity contribution >= 4 is 44.7 Å². The quantitative estimate of drug-likeness (QED) is 0.715. The number of esters is 1. The molecule has 0 aliphatic rings. The first-order valence-electron chi connectivity index (χ1n) is 6.23. The molecule has 0 saturated heterocycles. The Morgan fingerprint density at radius 1 is 1.41 bits per heavy atom. The number of nitrogens with two attached hydrogens (primary N) is 1. The van der Waals surface area contributed by atoms with Gasteiger partial charge in [0.25, 0.3) is 0 Å². The molecule has 0 radical (unpaired) electrons. The van der Waals surface area contributed by atoms with E-state index in [4.69, 9.17) is 17.3 Å². The zero-order valence-corrected chi connectivity index (χ0v) is 13.0. The average Bonchev–Trinajstić information content (AvgIpc) is 2.99. The highest BCUT2D eigenvalue weighted by Gasteiger charge is 2.22. The average molecular weight is 337 g/mol. The third-order valence-electron chi connectivity index (χ3n) is 3.22. The number of ether oxygens (including phenoxy) is 1. The van der Waals surface area contributed by atoms with Crippen LogP contribution in [0.5, 0.6) is 0 Å². The van der Waals surface area contributed by atoms with Crippen molar-refractivity contribution < 1.29 is 13.9 Å². The summed E-state index contributed by atoms with van der Waals surface area (Å²) in [5.41, 5.74) is 5.61. The van der Waals surface area contributed by atoms with Crippen LogP contribution in [0.15, 0.2) is 29.6 Å². The predicted octanol–water partition coefficient (Wildman–Crippen LogP) is 4.12. The molecule has 0 spiro atoms. The Labute approximate surface area is 134 Å². The van der Waals surface area contributed by atoms with Crippen LogP contribution in [0, 0.1) is 5.82 Å². The fourth-order valence-electron chi connectivity index (χ4n) is 2.09. The van der Waals surface area contributed by atoms with Crippen molar-refractivity contribution in [1.82, 2.24) is 4.98 Å². The number of rotatable bonds is 2. The normalized spacial score (nSPS) is 10.9. The van der Waals surface area contributed by atoms with E-state index in [1.807, 2.05) is 17.5 Å². The van der Waals surface area contributed by atoms with Gasteiger partial charge in [0.15, 0.2) is 11.5 Å². The second kappa shape index (κ2) is 5.55. The smallest absolute Gasteiger partial charge is 0.358 e. The molecule has 0 aliphatic carbocycles. The van der Waals surface area contributed by atoms with E-state index >= 15 is 0 Å². The Kier molecular flexibility index (Phi) is 3.72. The van der Waals surface area contributed by atoms with Crippen molar-refractivity contribution in [2.45, 2.75) is 0 Å². The number of halogens is 2. The SMILES string of the molecule is COC(=O)c1nc(-c2ccc3ccsc3c2)c(F)c(N)c1Cl. The second-order valence-electron chi connectivity index (χ2n) is 4.52. The van der Waals surface area contributed by atoms with Crippen molar-refractivity contribution in [1.29, 1.82) is 0 Å². The molecule has 0 amide bonds. The van der Waals surface area contributed by atoms with Crippen LogP contribution in [0.3, 0.4) is 0 Å².